The maximum absolute atomic E-state index is 13.1. The zero-order valence-electron chi connectivity index (χ0n) is 60.9. The van der Waals surface area contributed by atoms with Gasteiger partial charge in [0.25, 0.3) is 0 Å². The Morgan fingerprint density at radius 1 is 0.296 bits per heavy atom. The third-order valence-corrected chi connectivity index (χ3v) is 17.0. The van der Waals surface area contributed by atoms with Crippen molar-refractivity contribution < 1.29 is 80.2 Å². The summed E-state index contributed by atoms with van der Waals surface area (Å²) in [4.78, 5) is 72.7. The number of phosphoric acid groups is 2. The summed E-state index contributed by atoms with van der Waals surface area (Å²) in [6, 6.07) is 0. The predicted molar refractivity (Wildman–Crippen MR) is 399 cm³/mol. The molecule has 5 unspecified atom stereocenters. The number of hydrogen-bond acceptors (Lipinski definition) is 15. The van der Waals surface area contributed by atoms with Crippen molar-refractivity contribution in [2.45, 2.75) is 303 Å². The minimum Gasteiger partial charge on any atom is -0.462 e. The number of esters is 4. The van der Waals surface area contributed by atoms with Gasteiger partial charge < -0.3 is 33.8 Å². The first-order valence-electron chi connectivity index (χ1n) is 37.4. The van der Waals surface area contributed by atoms with Crippen molar-refractivity contribution in [1.29, 1.82) is 0 Å². The summed E-state index contributed by atoms with van der Waals surface area (Å²) in [5.41, 5.74) is 0. The normalized spacial score (nSPS) is 14.7. The monoisotopic (exact) mass is 1410 g/mol. The smallest absolute Gasteiger partial charge is 0.462 e. The average molecular weight is 1420 g/mol. The van der Waals surface area contributed by atoms with Crippen molar-refractivity contribution in [2.75, 3.05) is 39.6 Å². The molecular weight excluding hydrogens is 1280 g/mol. The maximum atomic E-state index is 13.1. The number of phosphoric ester groups is 2. The van der Waals surface area contributed by atoms with Gasteiger partial charge in [-0.15, -0.1) is 0 Å². The number of carbonyl (C=O) groups is 4. The fourth-order valence-electron chi connectivity index (χ4n) is 9.41. The molecule has 0 radical (unpaired) electrons. The number of rotatable bonds is 69. The van der Waals surface area contributed by atoms with E-state index >= 15 is 0 Å². The maximum Gasteiger partial charge on any atom is 0.472 e. The summed E-state index contributed by atoms with van der Waals surface area (Å²) in [6.45, 7) is 4.46. The first kappa shape index (κ1) is 93.2. The number of allylic oxidation sites excluding steroid dienone is 22. The molecule has 0 spiro atoms. The third-order valence-electron chi connectivity index (χ3n) is 15.1. The highest BCUT2D eigenvalue weighted by molar-refractivity contribution is 7.47. The largest absolute Gasteiger partial charge is 0.472 e. The van der Waals surface area contributed by atoms with E-state index < -0.39 is 97.5 Å². The number of carbonyl (C=O) groups excluding carboxylic acids is 4. The average Bonchev–Trinajstić information content (AvgIpc) is 1.05. The lowest BCUT2D eigenvalue weighted by molar-refractivity contribution is -0.161. The Bertz CT molecular complexity index is 2380. The second-order valence-corrected chi connectivity index (χ2v) is 27.4. The molecule has 0 aliphatic rings. The minimum atomic E-state index is -5.00. The predicted octanol–water partition coefficient (Wildman–Crippen LogP) is 21.3. The molecule has 19 heteroatoms. The fourth-order valence-corrected chi connectivity index (χ4v) is 11.0. The molecule has 0 amide bonds. The molecule has 0 fully saturated rings. The Labute approximate surface area is 593 Å². The lowest BCUT2D eigenvalue weighted by Gasteiger charge is -2.21. The molecule has 0 aliphatic carbocycles. The summed E-state index contributed by atoms with van der Waals surface area (Å²) in [6.07, 6.45) is 77.5. The number of unbranched alkanes of at least 4 members (excludes halogenated alkanes) is 21. The van der Waals surface area contributed by atoms with Crippen LogP contribution in [0.4, 0.5) is 0 Å². The molecule has 17 nitrogen and oxygen atoms in total. The highest BCUT2D eigenvalue weighted by Crippen LogP contribution is 2.45. The fraction of sp³-hybridized carbons (Fsp3) is 0.671. The van der Waals surface area contributed by atoms with E-state index in [0.717, 1.165) is 141 Å². The Balaban J connectivity index is 5.45. The van der Waals surface area contributed by atoms with Crippen LogP contribution >= 0.6 is 15.6 Å². The lowest BCUT2D eigenvalue weighted by Crippen LogP contribution is -2.30. The van der Waals surface area contributed by atoms with Crippen LogP contribution < -0.4 is 0 Å². The van der Waals surface area contributed by atoms with Crippen LogP contribution in [0.25, 0.3) is 0 Å². The van der Waals surface area contributed by atoms with Crippen molar-refractivity contribution >= 4 is 39.5 Å². The third kappa shape index (κ3) is 69.7. The molecule has 0 aromatic carbocycles. The van der Waals surface area contributed by atoms with Crippen LogP contribution in [0.2, 0.25) is 0 Å². The standard InChI is InChI=1S/C79H132O17P2/c1-5-9-13-17-21-25-29-33-35-36-38-41-44-48-52-56-60-64-77(82)90-70-75(96-79(84)66-62-58-54-50-46-42-37-34-30-26-22-18-14-10-6-2)72-94-98(87,88)92-68-73(80)67-91-97(85,86)93-71-74(95-78(83)65-61-57-53-49-45-40-32-28-24-20-16-12-8-4)69-89-76(81)63-59-55-51-47-43-39-31-27-23-19-15-11-7-3/h9-10,13-14,21-22,25-28,31-35,37-38,41,46,48,50,52,73-75,80H,5-8,11-12,15-20,23-24,29-30,36,39-40,42-45,47,49,51,53-72H2,1-4H3,(H,85,86)(H,87,88)/b13-9-,14-10-,25-21-,26-22-,31-27-,32-28-,35-33-,37-34-,41-38-,50-46-,52-48-. The van der Waals surface area contributed by atoms with E-state index in [1.54, 1.807) is 0 Å². The van der Waals surface area contributed by atoms with Crippen LogP contribution in [0.1, 0.15) is 285 Å². The summed E-state index contributed by atoms with van der Waals surface area (Å²) in [7, 11) is -9.98. The number of ether oxygens (including phenoxy) is 4. The summed E-state index contributed by atoms with van der Waals surface area (Å²) < 4.78 is 68.3. The molecule has 0 saturated heterocycles. The van der Waals surface area contributed by atoms with Crippen LogP contribution in [0.5, 0.6) is 0 Å². The van der Waals surface area contributed by atoms with Crippen molar-refractivity contribution in [3.63, 3.8) is 0 Å². The highest BCUT2D eigenvalue weighted by atomic mass is 31.2. The van der Waals surface area contributed by atoms with Crippen LogP contribution in [0.15, 0.2) is 134 Å². The molecule has 0 saturated carbocycles. The van der Waals surface area contributed by atoms with Gasteiger partial charge in [0.05, 0.1) is 26.4 Å². The second kappa shape index (κ2) is 70.6. The first-order valence-corrected chi connectivity index (χ1v) is 40.4. The Kier molecular flexibility index (Phi) is 67.2. The number of hydrogen-bond donors (Lipinski definition) is 3. The van der Waals surface area contributed by atoms with Crippen molar-refractivity contribution in [3.05, 3.63) is 134 Å². The van der Waals surface area contributed by atoms with E-state index in [4.69, 9.17) is 37.0 Å². The topological polar surface area (TPSA) is 237 Å². The summed E-state index contributed by atoms with van der Waals surface area (Å²) in [5.74, 6) is -2.31. The molecule has 98 heavy (non-hydrogen) atoms. The van der Waals surface area contributed by atoms with Gasteiger partial charge in [0, 0.05) is 25.7 Å². The molecule has 0 rings (SSSR count). The van der Waals surface area contributed by atoms with E-state index in [1.165, 1.54) is 51.4 Å². The van der Waals surface area contributed by atoms with Crippen LogP contribution in [-0.4, -0.2) is 96.7 Å². The van der Waals surface area contributed by atoms with Crippen LogP contribution in [-0.2, 0) is 65.4 Å². The zero-order valence-corrected chi connectivity index (χ0v) is 62.7. The summed E-state index contributed by atoms with van der Waals surface area (Å²) in [5, 5.41) is 10.6. The lowest BCUT2D eigenvalue weighted by atomic mass is 10.1. The van der Waals surface area contributed by atoms with E-state index in [0.29, 0.717) is 38.5 Å². The molecular formula is C79H132O17P2. The van der Waals surface area contributed by atoms with Gasteiger partial charge in [-0.25, -0.2) is 9.13 Å². The molecule has 3 N–H and O–H groups in total. The van der Waals surface area contributed by atoms with E-state index in [-0.39, 0.29) is 25.7 Å². The molecule has 0 aliphatic heterocycles. The van der Waals surface area contributed by atoms with Crippen molar-refractivity contribution in [1.82, 2.24) is 0 Å². The first-order chi connectivity index (χ1) is 47.7. The molecule has 0 heterocycles. The Morgan fingerprint density at radius 3 is 0.888 bits per heavy atom. The summed E-state index contributed by atoms with van der Waals surface area (Å²) >= 11 is 0. The quantitative estimate of drug-likeness (QED) is 0.0169. The SMILES string of the molecule is CC/C=C\C/C=C\C/C=C\C/C=C\C/C=C\CCCC(=O)OCC(COP(=O)(O)OCC(O)COP(=O)(O)OCC(COC(=O)CCCCCCC/C=C\CCCCCC)OC(=O)CCCCCCC/C=C\CCCCCC)OC(=O)CCCC/C=C\C/C=C\C/C=C\C/C=C\CC. The van der Waals surface area contributed by atoms with Gasteiger partial charge in [0.1, 0.15) is 19.3 Å². The van der Waals surface area contributed by atoms with Crippen molar-refractivity contribution in [3.8, 4) is 0 Å². The van der Waals surface area contributed by atoms with Crippen LogP contribution in [0.3, 0.4) is 0 Å². The van der Waals surface area contributed by atoms with Gasteiger partial charge in [-0.2, -0.15) is 0 Å². The molecule has 0 aromatic heterocycles. The Hall–Kier alpha value is -4.80. The van der Waals surface area contributed by atoms with Gasteiger partial charge in [-0.05, 0) is 154 Å². The molecule has 0 bridgehead atoms. The van der Waals surface area contributed by atoms with Gasteiger partial charge in [0.2, 0.25) is 0 Å². The van der Waals surface area contributed by atoms with E-state index in [1.807, 2.05) is 12.2 Å². The molecule has 5 atom stereocenters. The minimum absolute atomic E-state index is 0.0265. The number of aliphatic hydroxyl groups excluding tert-OH is 1. The molecule has 560 valence electrons. The Morgan fingerprint density at radius 2 is 0.541 bits per heavy atom. The van der Waals surface area contributed by atoms with E-state index in [2.05, 4.69) is 149 Å². The van der Waals surface area contributed by atoms with Gasteiger partial charge >= 0.3 is 39.5 Å². The van der Waals surface area contributed by atoms with Crippen LogP contribution in [0, 0.1) is 0 Å². The van der Waals surface area contributed by atoms with Gasteiger partial charge in [-0.1, -0.05) is 238 Å². The van der Waals surface area contributed by atoms with E-state index in [9.17, 15) is 43.2 Å². The molecule has 0 aromatic rings. The van der Waals surface area contributed by atoms with Gasteiger partial charge in [0.15, 0.2) is 12.2 Å². The second-order valence-electron chi connectivity index (χ2n) is 24.5. The van der Waals surface area contributed by atoms with Crippen molar-refractivity contribution in [2.24, 2.45) is 0 Å². The zero-order chi connectivity index (χ0) is 71.8. The van der Waals surface area contributed by atoms with Gasteiger partial charge in [-0.3, -0.25) is 37.3 Å². The number of aliphatic hydroxyl groups is 1. The highest BCUT2D eigenvalue weighted by Gasteiger charge is 2.30.